The molecular formula is C26H24Cl2N2O5S. The number of Topliss-reactive ketones (excluding diaryl/α,β-unsaturated/α-hetero) is 1. The van der Waals surface area contributed by atoms with Gasteiger partial charge < -0.3 is 9.52 Å². The first-order valence-electron chi connectivity index (χ1n) is 11.3. The Balaban J connectivity index is 1.86. The summed E-state index contributed by atoms with van der Waals surface area (Å²) in [4.78, 5) is 18.0. The molecule has 1 aliphatic rings. The van der Waals surface area contributed by atoms with E-state index in [9.17, 15) is 19.0 Å². The minimum atomic E-state index is -3.18. The molecule has 0 amide bonds. The molecule has 1 fully saturated rings. The summed E-state index contributed by atoms with van der Waals surface area (Å²) in [6.45, 7) is 3.03. The maximum atomic E-state index is 13.2. The monoisotopic (exact) mass is 546 g/mol. The molecule has 0 spiro atoms. The van der Waals surface area contributed by atoms with E-state index in [1.807, 2.05) is 30.3 Å². The molecule has 188 valence electrons. The summed E-state index contributed by atoms with van der Waals surface area (Å²) in [7, 11) is -3.18. The van der Waals surface area contributed by atoms with Gasteiger partial charge in [-0.15, -0.1) is 10.8 Å². The van der Waals surface area contributed by atoms with Crippen LogP contribution in [-0.4, -0.2) is 42.9 Å². The Kier molecular flexibility index (Phi) is 6.31. The molecule has 3 heterocycles. The predicted octanol–water partition coefficient (Wildman–Crippen LogP) is 7.30. The molecule has 2 aromatic heterocycles. The largest absolute Gasteiger partial charge is 0.432 e. The van der Waals surface area contributed by atoms with Crippen molar-refractivity contribution < 1.29 is 23.4 Å². The van der Waals surface area contributed by atoms with Crippen molar-refractivity contribution in [3.8, 4) is 22.4 Å². The van der Waals surface area contributed by atoms with E-state index in [-0.39, 0.29) is 22.9 Å². The Morgan fingerprint density at radius 1 is 1.08 bits per heavy atom. The molecule has 0 bridgehead atoms. The first-order valence-corrected chi connectivity index (χ1v) is 13.7. The highest BCUT2D eigenvalue weighted by atomic mass is 35.5. The quantitative estimate of drug-likeness (QED) is 0.225. The molecule has 1 saturated heterocycles. The summed E-state index contributed by atoms with van der Waals surface area (Å²) in [5.74, 6) is -0.694. The highest BCUT2D eigenvalue weighted by Gasteiger charge is 2.40. The van der Waals surface area contributed by atoms with Gasteiger partial charge in [0, 0.05) is 27.7 Å². The maximum Gasteiger partial charge on any atom is 0.231 e. The zero-order chi connectivity index (χ0) is 25.8. The van der Waals surface area contributed by atoms with Crippen molar-refractivity contribution in [1.82, 2.24) is 4.98 Å². The van der Waals surface area contributed by atoms with E-state index in [2.05, 4.69) is 0 Å². The predicted molar refractivity (Wildman–Crippen MR) is 145 cm³/mol. The Morgan fingerprint density at radius 2 is 1.78 bits per heavy atom. The number of rotatable bonds is 5. The molecule has 0 radical (unpaired) electrons. The lowest BCUT2D eigenvalue weighted by molar-refractivity contribution is 0.0462. The fourth-order valence-electron chi connectivity index (χ4n) is 4.31. The Morgan fingerprint density at radius 3 is 2.39 bits per heavy atom. The first-order chi connectivity index (χ1) is 17.0. The van der Waals surface area contributed by atoms with E-state index < -0.39 is 22.2 Å². The van der Waals surface area contributed by atoms with Gasteiger partial charge in [0.05, 0.1) is 16.8 Å². The SMILES string of the molecule is CC(C)(O)C(=O)c1oc2nc(-c3ccccc3Cl)c(-c3ccc(Cl)cc3)cc2c1N1CCCS1(O)O. The third-order valence-corrected chi connectivity index (χ3v) is 8.57. The molecule has 5 rings (SSSR count). The Labute approximate surface area is 219 Å². The Bertz CT molecular complexity index is 1480. The van der Waals surface area contributed by atoms with Gasteiger partial charge in [0.1, 0.15) is 11.3 Å². The summed E-state index contributed by atoms with van der Waals surface area (Å²) >= 11 is 12.7. The standard InChI is InChI=1S/C26H24Cl2N2O5S/c1-26(2,32)24(31)23-22(30-12-5-13-36(30,33)34)19-14-18(15-8-10-16(27)11-9-15)21(29-25(19)35-23)17-6-3-4-7-20(17)28/h3-4,6-11,14,32-34H,5,12-13H2,1-2H3. The first kappa shape index (κ1) is 25.1. The van der Waals surface area contributed by atoms with E-state index in [1.54, 1.807) is 24.3 Å². The van der Waals surface area contributed by atoms with Crippen molar-refractivity contribution in [2.75, 3.05) is 16.6 Å². The number of aliphatic hydroxyl groups is 1. The van der Waals surface area contributed by atoms with Crippen LogP contribution in [0.4, 0.5) is 5.69 Å². The van der Waals surface area contributed by atoms with E-state index in [0.717, 1.165) is 5.56 Å². The number of furan rings is 1. The average Bonchev–Trinajstić information content (AvgIpc) is 3.36. The fourth-order valence-corrected chi connectivity index (χ4v) is 6.30. The average molecular weight is 547 g/mol. The number of nitrogens with zero attached hydrogens (tertiary/aromatic N) is 2. The molecule has 0 aliphatic carbocycles. The van der Waals surface area contributed by atoms with Gasteiger partial charge in [-0.1, -0.05) is 53.5 Å². The smallest absolute Gasteiger partial charge is 0.231 e. The maximum absolute atomic E-state index is 13.2. The van der Waals surface area contributed by atoms with Crippen LogP contribution in [0.1, 0.15) is 30.8 Å². The van der Waals surface area contributed by atoms with Gasteiger partial charge in [-0.2, -0.15) is 0 Å². The number of carbonyl (C=O) groups excluding carboxylic acids is 1. The highest BCUT2D eigenvalue weighted by molar-refractivity contribution is 8.25. The molecule has 10 heteroatoms. The lowest BCUT2D eigenvalue weighted by Crippen LogP contribution is -2.32. The van der Waals surface area contributed by atoms with E-state index in [4.69, 9.17) is 32.6 Å². The molecule has 0 unspecified atom stereocenters. The number of anilines is 1. The lowest BCUT2D eigenvalue weighted by Gasteiger charge is -2.38. The number of pyridine rings is 1. The zero-order valence-corrected chi connectivity index (χ0v) is 21.9. The number of ketones is 1. The van der Waals surface area contributed by atoms with Crippen molar-refractivity contribution in [2.45, 2.75) is 25.9 Å². The summed E-state index contributed by atoms with van der Waals surface area (Å²) in [6, 6.07) is 16.3. The highest BCUT2D eigenvalue weighted by Crippen LogP contribution is 2.55. The second kappa shape index (κ2) is 9.06. The topological polar surface area (TPSA) is 107 Å². The fraction of sp³-hybridized carbons (Fsp3) is 0.231. The number of carbonyl (C=O) groups is 1. The second-order valence-electron chi connectivity index (χ2n) is 9.18. The molecule has 36 heavy (non-hydrogen) atoms. The number of fused-ring (bicyclic) bond motifs is 1. The van der Waals surface area contributed by atoms with Crippen LogP contribution >= 0.6 is 34.0 Å². The number of hydrogen-bond donors (Lipinski definition) is 3. The number of aromatic nitrogens is 1. The van der Waals surface area contributed by atoms with Gasteiger partial charge in [0.15, 0.2) is 0 Å². The van der Waals surface area contributed by atoms with E-state index in [1.165, 1.54) is 18.2 Å². The Hall–Kier alpha value is -2.59. The summed E-state index contributed by atoms with van der Waals surface area (Å²) in [6.07, 6.45) is 0.528. The zero-order valence-electron chi connectivity index (χ0n) is 19.5. The van der Waals surface area contributed by atoms with E-state index in [0.29, 0.717) is 45.2 Å². The summed E-state index contributed by atoms with van der Waals surface area (Å²) < 4.78 is 28.9. The van der Waals surface area contributed by atoms with Crippen LogP contribution in [0.15, 0.2) is 59.0 Å². The molecule has 4 aromatic rings. The van der Waals surface area contributed by atoms with Gasteiger partial charge in [-0.05, 0) is 50.1 Å². The second-order valence-corrected chi connectivity index (χ2v) is 12.1. The molecule has 1 aliphatic heterocycles. The van der Waals surface area contributed by atoms with Gasteiger partial charge in [-0.25, -0.2) is 4.98 Å². The third-order valence-electron chi connectivity index (χ3n) is 6.08. The van der Waals surface area contributed by atoms with Gasteiger partial charge in [0.25, 0.3) is 0 Å². The van der Waals surface area contributed by atoms with Crippen LogP contribution in [-0.2, 0) is 0 Å². The third kappa shape index (κ3) is 4.38. The van der Waals surface area contributed by atoms with Crippen molar-refractivity contribution in [3.63, 3.8) is 0 Å². The van der Waals surface area contributed by atoms with E-state index >= 15 is 0 Å². The normalized spacial score (nSPS) is 16.5. The lowest BCUT2D eigenvalue weighted by atomic mass is 9.97. The minimum absolute atomic E-state index is 0.118. The van der Waals surface area contributed by atoms with Crippen LogP contribution in [0.5, 0.6) is 0 Å². The van der Waals surface area contributed by atoms with Crippen LogP contribution in [0.2, 0.25) is 10.0 Å². The van der Waals surface area contributed by atoms with Gasteiger partial charge in [-0.3, -0.25) is 18.2 Å². The molecule has 7 nitrogen and oxygen atoms in total. The van der Waals surface area contributed by atoms with Gasteiger partial charge in [0.2, 0.25) is 17.3 Å². The van der Waals surface area contributed by atoms with Crippen molar-refractivity contribution in [3.05, 3.63) is 70.4 Å². The number of hydrogen-bond acceptors (Lipinski definition) is 7. The molecule has 3 N–H and O–H groups in total. The summed E-state index contributed by atoms with van der Waals surface area (Å²) in [5.41, 5.74) is 1.23. The number of halogens is 2. The van der Waals surface area contributed by atoms with Crippen molar-refractivity contribution in [2.24, 2.45) is 0 Å². The van der Waals surface area contributed by atoms with Crippen LogP contribution < -0.4 is 4.31 Å². The van der Waals surface area contributed by atoms with Crippen molar-refractivity contribution in [1.29, 1.82) is 0 Å². The molecule has 2 aromatic carbocycles. The van der Waals surface area contributed by atoms with Crippen LogP contribution in [0.3, 0.4) is 0 Å². The molecule has 0 atom stereocenters. The summed E-state index contributed by atoms with van der Waals surface area (Å²) in [5, 5.41) is 12.0. The molecule has 0 saturated carbocycles. The van der Waals surface area contributed by atoms with Gasteiger partial charge >= 0.3 is 0 Å². The van der Waals surface area contributed by atoms with Crippen LogP contribution in [0.25, 0.3) is 33.5 Å². The van der Waals surface area contributed by atoms with Crippen molar-refractivity contribution >= 4 is 56.5 Å². The molecular weight excluding hydrogens is 523 g/mol. The number of benzene rings is 2. The van der Waals surface area contributed by atoms with Crippen LogP contribution in [0, 0.1) is 0 Å². The minimum Gasteiger partial charge on any atom is -0.432 e.